The van der Waals surface area contributed by atoms with Crippen LogP contribution >= 0.6 is 0 Å². The van der Waals surface area contributed by atoms with Gasteiger partial charge in [0.05, 0.1) is 11.5 Å². The molecule has 126 valence electrons. The molecular formula is C16H22N2O4S. The summed E-state index contributed by atoms with van der Waals surface area (Å²) in [6.45, 7) is 2.76. The molecule has 1 aromatic carbocycles. The molecule has 1 saturated carbocycles. The van der Waals surface area contributed by atoms with Crippen molar-refractivity contribution in [2.45, 2.75) is 49.6 Å². The number of ether oxygens (including phenoxy) is 1. The highest BCUT2D eigenvalue weighted by Crippen LogP contribution is 2.38. The number of hydrogen-bond donors (Lipinski definition) is 1. The fraction of sp³-hybridized carbons (Fsp3) is 0.562. The van der Waals surface area contributed by atoms with Gasteiger partial charge in [-0.25, -0.2) is 17.9 Å². The summed E-state index contributed by atoms with van der Waals surface area (Å²) in [6.07, 6.45) is 4.65. The lowest BCUT2D eigenvalue weighted by molar-refractivity contribution is -0.0877. The van der Waals surface area contributed by atoms with Gasteiger partial charge in [-0.2, -0.15) is 0 Å². The molecule has 1 aromatic rings. The fourth-order valence-electron chi connectivity index (χ4n) is 3.36. The van der Waals surface area contributed by atoms with Gasteiger partial charge < -0.3 is 4.74 Å². The third kappa shape index (κ3) is 3.21. The van der Waals surface area contributed by atoms with Crippen LogP contribution in [0.2, 0.25) is 0 Å². The van der Waals surface area contributed by atoms with E-state index in [1.165, 1.54) is 12.1 Å². The molecule has 1 aliphatic heterocycles. The van der Waals surface area contributed by atoms with Crippen molar-refractivity contribution in [2.75, 3.05) is 13.2 Å². The number of sulfonamides is 1. The molecule has 1 spiro atoms. The number of urea groups is 1. The third-order valence-corrected chi connectivity index (χ3v) is 5.95. The van der Waals surface area contributed by atoms with Crippen molar-refractivity contribution < 1.29 is 17.9 Å². The Morgan fingerprint density at radius 1 is 1.17 bits per heavy atom. The number of nitrogens with one attached hydrogen (secondary N) is 1. The summed E-state index contributed by atoms with van der Waals surface area (Å²) in [5.74, 6) is 0. The summed E-state index contributed by atoms with van der Waals surface area (Å²) in [7, 11) is -3.87. The van der Waals surface area contributed by atoms with Crippen molar-refractivity contribution >= 4 is 16.1 Å². The first-order chi connectivity index (χ1) is 10.9. The van der Waals surface area contributed by atoms with Crippen molar-refractivity contribution in [1.82, 2.24) is 9.62 Å². The molecule has 0 bridgehead atoms. The Kier molecular flexibility index (Phi) is 4.33. The third-order valence-electron chi connectivity index (χ3n) is 4.61. The van der Waals surface area contributed by atoms with Crippen LogP contribution in [-0.2, 0) is 14.8 Å². The minimum atomic E-state index is -3.87. The number of amides is 2. The Morgan fingerprint density at radius 3 is 2.48 bits per heavy atom. The average molecular weight is 338 g/mol. The van der Waals surface area contributed by atoms with Crippen LogP contribution in [0.1, 0.15) is 37.7 Å². The lowest BCUT2D eigenvalue weighted by atomic mass is 9.91. The summed E-state index contributed by atoms with van der Waals surface area (Å²) in [4.78, 5) is 14.2. The largest absolute Gasteiger partial charge is 0.354 e. The molecule has 0 aromatic heterocycles. The van der Waals surface area contributed by atoms with E-state index in [0.29, 0.717) is 13.2 Å². The summed E-state index contributed by atoms with van der Waals surface area (Å²) in [5, 5.41) is 0. The molecule has 1 heterocycles. The van der Waals surface area contributed by atoms with E-state index in [1.807, 2.05) is 6.92 Å². The normalized spacial score (nSPS) is 20.7. The molecule has 2 amide bonds. The Hall–Kier alpha value is -1.60. The molecule has 0 atom stereocenters. The lowest BCUT2D eigenvalue weighted by Crippen LogP contribution is -2.53. The number of rotatable bonds is 2. The molecule has 1 aliphatic carbocycles. The van der Waals surface area contributed by atoms with Crippen LogP contribution in [0, 0.1) is 6.92 Å². The molecule has 0 radical (unpaired) electrons. The number of hydrogen-bond acceptors (Lipinski definition) is 4. The van der Waals surface area contributed by atoms with Crippen LogP contribution in [0.15, 0.2) is 29.2 Å². The molecule has 23 heavy (non-hydrogen) atoms. The van der Waals surface area contributed by atoms with Crippen molar-refractivity contribution in [1.29, 1.82) is 0 Å². The van der Waals surface area contributed by atoms with Crippen molar-refractivity contribution in [3.63, 3.8) is 0 Å². The molecule has 1 N–H and O–H groups in total. The van der Waals surface area contributed by atoms with Gasteiger partial charge in [0.1, 0.15) is 5.72 Å². The second kappa shape index (κ2) is 6.13. The number of carbonyl (C=O) groups excluding carboxylic acids is 1. The first-order valence-electron chi connectivity index (χ1n) is 7.98. The van der Waals surface area contributed by atoms with Gasteiger partial charge in [-0.05, 0) is 44.7 Å². The van der Waals surface area contributed by atoms with Gasteiger partial charge in [0.2, 0.25) is 0 Å². The zero-order valence-corrected chi connectivity index (χ0v) is 14.1. The number of benzene rings is 1. The minimum Gasteiger partial charge on any atom is -0.354 e. The molecule has 6 nitrogen and oxygen atoms in total. The molecule has 2 aliphatic rings. The number of carbonyl (C=O) groups is 1. The van der Waals surface area contributed by atoms with Crippen LogP contribution in [0.4, 0.5) is 4.79 Å². The molecule has 2 fully saturated rings. The SMILES string of the molecule is Cc1ccc(S(=O)(=O)NC(=O)N2CCOC23CCCCC3)cc1. The van der Waals surface area contributed by atoms with Crippen LogP contribution in [0.25, 0.3) is 0 Å². The monoisotopic (exact) mass is 338 g/mol. The second-order valence-corrected chi connectivity index (χ2v) is 7.91. The minimum absolute atomic E-state index is 0.0919. The van der Waals surface area contributed by atoms with Crippen LogP contribution in [0.5, 0.6) is 0 Å². The maximum absolute atomic E-state index is 12.5. The van der Waals surface area contributed by atoms with Gasteiger partial charge in [0.25, 0.3) is 10.0 Å². The lowest BCUT2D eigenvalue weighted by Gasteiger charge is -2.39. The summed E-state index contributed by atoms with van der Waals surface area (Å²) in [5.41, 5.74) is 0.342. The zero-order chi connectivity index (χ0) is 16.5. The number of nitrogens with zero attached hydrogens (tertiary/aromatic N) is 1. The van der Waals surface area contributed by atoms with Crippen molar-refractivity contribution in [3.8, 4) is 0 Å². The van der Waals surface area contributed by atoms with Gasteiger partial charge in [-0.15, -0.1) is 0 Å². The zero-order valence-electron chi connectivity index (χ0n) is 13.2. The Labute approximate surface area is 136 Å². The van der Waals surface area contributed by atoms with Gasteiger partial charge in [-0.1, -0.05) is 24.1 Å². The highest BCUT2D eigenvalue weighted by molar-refractivity contribution is 7.90. The predicted octanol–water partition coefficient (Wildman–Crippen LogP) is 2.39. The summed E-state index contributed by atoms with van der Waals surface area (Å²) >= 11 is 0. The van der Waals surface area contributed by atoms with Crippen LogP contribution in [-0.4, -0.2) is 38.2 Å². The highest BCUT2D eigenvalue weighted by atomic mass is 32.2. The molecule has 0 unspecified atom stereocenters. The standard InChI is InChI=1S/C16H22N2O4S/c1-13-5-7-14(8-6-13)23(20,21)17-15(19)18-11-12-22-16(18)9-3-2-4-10-16/h5-8H,2-4,9-12H2,1H3,(H,17,19). The predicted molar refractivity (Wildman–Crippen MR) is 85.4 cm³/mol. The molecule has 7 heteroatoms. The van der Waals surface area contributed by atoms with Gasteiger partial charge >= 0.3 is 6.03 Å². The smallest absolute Gasteiger partial charge is 0.333 e. The van der Waals surface area contributed by atoms with E-state index in [-0.39, 0.29) is 4.90 Å². The van der Waals surface area contributed by atoms with Crippen molar-refractivity contribution in [2.24, 2.45) is 0 Å². The van der Waals surface area contributed by atoms with Gasteiger partial charge in [0, 0.05) is 6.54 Å². The molecule has 1 saturated heterocycles. The van der Waals surface area contributed by atoms with Crippen LogP contribution in [0.3, 0.4) is 0 Å². The Balaban J connectivity index is 1.76. The van der Waals surface area contributed by atoms with Crippen LogP contribution < -0.4 is 4.72 Å². The van der Waals surface area contributed by atoms with E-state index >= 15 is 0 Å². The quantitative estimate of drug-likeness (QED) is 0.898. The Bertz CT molecular complexity index is 679. The van der Waals surface area contributed by atoms with Gasteiger partial charge in [-0.3, -0.25) is 4.90 Å². The summed E-state index contributed by atoms with van der Waals surface area (Å²) in [6, 6.07) is 5.83. The van der Waals surface area contributed by atoms with E-state index in [1.54, 1.807) is 17.0 Å². The first-order valence-corrected chi connectivity index (χ1v) is 9.46. The number of aryl methyl sites for hydroxylation is 1. The second-order valence-electron chi connectivity index (χ2n) is 6.23. The maximum Gasteiger partial charge on any atom is 0.333 e. The van der Waals surface area contributed by atoms with Gasteiger partial charge in [0.15, 0.2) is 0 Å². The fourth-order valence-corrected chi connectivity index (χ4v) is 4.31. The van der Waals surface area contributed by atoms with Crippen molar-refractivity contribution in [3.05, 3.63) is 29.8 Å². The Morgan fingerprint density at radius 2 is 1.83 bits per heavy atom. The van der Waals surface area contributed by atoms with E-state index in [2.05, 4.69) is 4.72 Å². The topological polar surface area (TPSA) is 75.7 Å². The summed E-state index contributed by atoms with van der Waals surface area (Å²) < 4.78 is 32.8. The first kappa shape index (κ1) is 16.3. The molecule has 3 rings (SSSR count). The molecular weight excluding hydrogens is 316 g/mol. The highest BCUT2D eigenvalue weighted by Gasteiger charge is 2.46. The van der Waals surface area contributed by atoms with E-state index in [0.717, 1.165) is 37.7 Å². The maximum atomic E-state index is 12.5. The average Bonchev–Trinajstić information content (AvgIpc) is 2.91. The van der Waals surface area contributed by atoms with E-state index < -0.39 is 21.8 Å². The van der Waals surface area contributed by atoms with E-state index in [9.17, 15) is 13.2 Å². The van der Waals surface area contributed by atoms with E-state index in [4.69, 9.17) is 4.74 Å².